The van der Waals surface area contributed by atoms with Crippen LogP contribution in [0.5, 0.6) is 0 Å². The van der Waals surface area contributed by atoms with E-state index in [9.17, 15) is 19.8 Å². The minimum absolute atomic E-state index is 0.00606. The van der Waals surface area contributed by atoms with E-state index in [0.717, 1.165) is 44.9 Å². The summed E-state index contributed by atoms with van der Waals surface area (Å²) in [5, 5.41) is 23.0. The van der Waals surface area contributed by atoms with Gasteiger partial charge >= 0.3 is 5.97 Å². The molecule has 2 unspecified atom stereocenters. The molecule has 0 aliphatic carbocycles. The molecule has 0 heterocycles. The summed E-state index contributed by atoms with van der Waals surface area (Å²) in [6.45, 7) is 4.87. The van der Waals surface area contributed by atoms with E-state index in [2.05, 4.69) is 31.3 Å². The predicted molar refractivity (Wildman–Crippen MR) is 260 cm³/mol. The minimum atomic E-state index is -0.847. The van der Waals surface area contributed by atoms with E-state index >= 15 is 0 Å². The molecule has 0 radical (unpaired) electrons. The highest BCUT2D eigenvalue weighted by atomic mass is 16.5. The largest absolute Gasteiger partial charge is 0.466 e. The molecule has 0 spiro atoms. The van der Waals surface area contributed by atoms with Crippen molar-refractivity contribution in [2.75, 3.05) is 13.2 Å². The summed E-state index contributed by atoms with van der Waals surface area (Å²) in [6.07, 6.45) is 58.9. The lowest BCUT2D eigenvalue weighted by atomic mass is 10.0. The van der Waals surface area contributed by atoms with Crippen molar-refractivity contribution in [2.24, 2.45) is 0 Å². The van der Waals surface area contributed by atoms with Gasteiger partial charge in [0, 0.05) is 12.8 Å². The second-order valence-electron chi connectivity index (χ2n) is 18.2. The lowest BCUT2D eigenvalue weighted by molar-refractivity contribution is -0.143. The maximum atomic E-state index is 12.4. The third-order valence-electron chi connectivity index (χ3n) is 12.2. The Kier molecular flexibility index (Phi) is 48.6. The van der Waals surface area contributed by atoms with Gasteiger partial charge in [-0.3, -0.25) is 9.59 Å². The van der Waals surface area contributed by atoms with Crippen LogP contribution in [-0.2, 0) is 14.3 Å². The van der Waals surface area contributed by atoms with Crippen molar-refractivity contribution in [1.82, 2.24) is 5.32 Å². The van der Waals surface area contributed by atoms with Gasteiger partial charge in [-0.05, 0) is 57.8 Å². The second kappa shape index (κ2) is 50.0. The van der Waals surface area contributed by atoms with Gasteiger partial charge in [-0.25, -0.2) is 0 Å². The fraction of sp³-hybridized carbons (Fsp3) is 0.889. The Morgan fingerprint density at radius 3 is 1.18 bits per heavy atom. The Balaban J connectivity index is 3.44. The van der Waals surface area contributed by atoms with Gasteiger partial charge in [0.05, 0.1) is 25.4 Å². The van der Waals surface area contributed by atoms with E-state index in [1.165, 1.54) is 212 Å². The van der Waals surface area contributed by atoms with Crippen LogP contribution < -0.4 is 5.32 Å². The number of hydrogen-bond donors (Lipinski definition) is 3. The monoisotopic (exact) mass is 846 g/mol. The first-order chi connectivity index (χ1) is 29.5. The van der Waals surface area contributed by atoms with Crippen molar-refractivity contribution in [1.29, 1.82) is 0 Å². The SMILES string of the molecule is CCCCCCCC/C=C\CCCCCCCC(=O)OCCCCCCCCCCCCCCCCCCC(=O)NC(CO)C(O)/C=C/CCCCCCCCCCCC. The molecule has 0 aromatic carbocycles. The zero-order valence-corrected chi connectivity index (χ0v) is 40.2. The van der Waals surface area contributed by atoms with Gasteiger partial charge in [-0.2, -0.15) is 0 Å². The number of amides is 1. The predicted octanol–water partition coefficient (Wildman–Crippen LogP) is 15.9. The molecule has 0 saturated heterocycles. The molecule has 6 heteroatoms. The Labute approximate surface area is 373 Å². The molecule has 354 valence electrons. The minimum Gasteiger partial charge on any atom is -0.466 e. The van der Waals surface area contributed by atoms with E-state index in [4.69, 9.17) is 4.74 Å². The Morgan fingerprint density at radius 2 is 0.783 bits per heavy atom. The van der Waals surface area contributed by atoms with Crippen LogP contribution in [0.2, 0.25) is 0 Å². The highest BCUT2D eigenvalue weighted by molar-refractivity contribution is 5.76. The van der Waals surface area contributed by atoms with Crippen LogP contribution in [0.3, 0.4) is 0 Å². The smallest absolute Gasteiger partial charge is 0.305 e. The van der Waals surface area contributed by atoms with Crippen LogP contribution in [0.4, 0.5) is 0 Å². The lowest BCUT2D eigenvalue weighted by Crippen LogP contribution is -2.45. The standard InChI is InChI=1S/C54H103NO5/c1-3-5-7-9-11-13-15-17-20-24-28-32-36-40-44-48-54(59)60-49-45-41-37-33-29-25-22-19-18-21-23-27-31-35-39-43-47-53(58)55-51(50-56)52(57)46-42-38-34-30-26-16-14-12-10-8-6-4-2/h17,20,42,46,51-52,56-57H,3-16,18-19,21-41,43-45,47-50H2,1-2H3,(H,55,58)/b20-17-,46-42+. The van der Waals surface area contributed by atoms with Crippen LogP contribution in [0, 0.1) is 0 Å². The van der Waals surface area contributed by atoms with E-state index in [-0.39, 0.29) is 18.5 Å². The number of esters is 1. The van der Waals surface area contributed by atoms with Gasteiger partial charge in [0.1, 0.15) is 0 Å². The molecular weight excluding hydrogens is 743 g/mol. The van der Waals surface area contributed by atoms with Crippen molar-refractivity contribution in [2.45, 2.75) is 296 Å². The highest BCUT2D eigenvalue weighted by Crippen LogP contribution is 2.16. The van der Waals surface area contributed by atoms with E-state index in [1.807, 2.05) is 6.08 Å². The van der Waals surface area contributed by atoms with Crippen molar-refractivity contribution in [3.05, 3.63) is 24.3 Å². The van der Waals surface area contributed by atoms with Gasteiger partial charge in [-0.1, -0.05) is 237 Å². The number of nitrogens with one attached hydrogen (secondary N) is 1. The van der Waals surface area contributed by atoms with Crippen LogP contribution in [0.1, 0.15) is 284 Å². The fourth-order valence-electron chi connectivity index (χ4n) is 8.10. The number of ether oxygens (including phenoxy) is 1. The van der Waals surface area contributed by atoms with E-state index in [0.29, 0.717) is 19.4 Å². The zero-order valence-electron chi connectivity index (χ0n) is 40.2. The lowest BCUT2D eigenvalue weighted by Gasteiger charge is -2.20. The van der Waals surface area contributed by atoms with E-state index in [1.54, 1.807) is 6.08 Å². The normalized spacial score (nSPS) is 12.8. The number of unbranched alkanes of at least 4 members (excludes halogenated alkanes) is 36. The number of rotatable bonds is 49. The molecule has 0 bridgehead atoms. The summed E-state index contributed by atoms with van der Waals surface area (Å²) in [7, 11) is 0. The molecule has 0 fully saturated rings. The Morgan fingerprint density at radius 1 is 0.450 bits per heavy atom. The molecule has 60 heavy (non-hydrogen) atoms. The number of aliphatic hydroxyl groups is 2. The van der Waals surface area contributed by atoms with Gasteiger partial charge in [0.25, 0.3) is 0 Å². The summed E-state index contributed by atoms with van der Waals surface area (Å²) in [4.78, 5) is 24.4. The summed E-state index contributed by atoms with van der Waals surface area (Å²) in [5.41, 5.74) is 0. The van der Waals surface area contributed by atoms with Gasteiger partial charge in [-0.15, -0.1) is 0 Å². The first-order valence-corrected chi connectivity index (χ1v) is 26.6. The molecular formula is C54H103NO5. The molecule has 6 nitrogen and oxygen atoms in total. The first kappa shape index (κ1) is 58.3. The number of carbonyl (C=O) groups excluding carboxylic acids is 2. The number of allylic oxidation sites excluding steroid dienone is 3. The Hall–Kier alpha value is -1.66. The second-order valence-corrected chi connectivity index (χ2v) is 18.2. The van der Waals surface area contributed by atoms with E-state index < -0.39 is 12.1 Å². The van der Waals surface area contributed by atoms with Gasteiger partial charge in [0.15, 0.2) is 0 Å². The number of aliphatic hydroxyl groups excluding tert-OH is 2. The molecule has 0 rings (SSSR count). The van der Waals surface area contributed by atoms with Crippen LogP contribution in [-0.4, -0.2) is 47.4 Å². The molecule has 0 aliphatic rings. The van der Waals surface area contributed by atoms with Crippen molar-refractivity contribution < 1.29 is 24.5 Å². The van der Waals surface area contributed by atoms with Crippen LogP contribution >= 0.6 is 0 Å². The fourth-order valence-corrected chi connectivity index (χ4v) is 8.10. The molecule has 0 aromatic heterocycles. The molecule has 0 aliphatic heterocycles. The third-order valence-corrected chi connectivity index (χ3v) is 12.2. The first-order valence-electron chi connectivity index (χ1n) is 26.6. The summed E-state index contributed by atoms with van der Waals surface area (Å²) in [5.74, 6) is -0.0817. The molecule has 3 N–H and O–H groups in total. The molecule has 1 amide bonds. The third kappa shape index (κ3) is 45.9. The van der Waals surface area contributed by atoms with Crippen molar-refractivity contribution in [3.8, 4) is 0 Å². The quantitative estimate of drug-likeness (QED) is 0.0322. The van der Waals surface area contributed by atoms with Crippen molar-refractivity contribution in [3.63, 3.8) is 0 Å². The van der Waals surface area contributed by atoms with Crippen LogP contribution in [0.25, 0.3) is 0 Å². The molecule has 0 aromatic rings. The summed E-state index contributed by atoms with van der Waals surface area (Å²) < 4.78 is 5.47. The highest BCUT2D eigenvalue weighted by Gasteiger charge is 2.18. The number of carbonyl (C=O) groups is 2. The topological polar surface area (TPSA) is 95.9 Å². The van der Waals surface area contributed by atoms with Crippen LogP contribution in [0.15, 0.2) is 24.3 Å². The zero-order chi connectivity index (χ0) is 43.7. The Bertz CT molecular complexity index is 935. The average Bonchev–Trinajstić information content (AvgIpc) is 3.25. The maximum Gasteiger partial charge on any atom is 0.305 e. The average molecular weight is 846 g/mol. The summed E-state index contributed by atoms with van der Waals surface area (Å²) >= 11 is 0. The molecule has 0 saturated carbocycles. The molecule has 2 atom stereocenters. The maximum absolute atomic E-state index is 12.4. The van der Waals surface area contributed by atoms with Crippen molar-refractivity contribution >= 4 is 11.9 Å². The van der Waals surface area contributed by atoms with Gasteiger partial charge < -0.3 is 20.3 Å². The summed E-state index contributed by atoms with van der Waals surface area (Å²) in [6, 6.07) is -0.632. The number of hydrogen-bond acceptors (Lipinski definition) is 5. The van der Waals surface area contributed by atoms with Gasteiger partial charge in [0.2, 0.25) is 5.91 Å².